The molecule has 0 fully saturated rings. The number of nitrogens with one attached hydrogen (secondary N) is 1. The first kappa shape index (κ1) is 16.5. The number of benzene rings is 1. The molecular weight excluding hydrogens is 283 g/mol. The summed E-state index contributed by atoms with van der Waals surface area (Å²) < 4.78 is 13.3. The predicted molar refractivity (Wildman–Crippen MR) is 75.9 cm³/mol. The standard InChI is InChI=1S/C13H17FN2O3S/c1-8-2-3-9(4-10(8)14)5-16-12(17)7-20-6-11(15)13(18)19/h2-4,11H,5-7,15H2,1H3,(H,16,17)(H,18,19)/t11-/m0/s1. The molecule has 110 valence electrons. The van der Waals surface area contributed by atoms with Crippen LogP contribution in [0.5, 0.6) is 0 Å². The van der Waals surface area contributed by atoms with E-state index >= 15 is 0 Å². The van der Waals surface area contributed by atoms with Crippen molar-refractivity contribution in [1.82, 2.24) is 5.32 Å². The van der Waals surface area contributed by atoms with Crippen molar-refractivity contribution in [2.45, 2.75) is 19.5 Å². The summed E-state index contributed by atoms with van der Waals surface area (Å²) in [6, 6.07) is 3.80. The second-order valence-corrected chi connectivity index (χ2v) is 5.35. The van der Waals surface area contributed by atoms with Crippen LogP contribution >= 0.6 is 11.8 Å². The normalized spacial score (nSPS) is 11.9. The van der Waals surface area contributed by atoms with Gasteiger partial charge >= 0.3 is 5.97 Å². The van der Waals surface area contributed by atoms with Crippen molar-refractivity contribution >= 4 is 23.6 Å². The van der Waals surface area contributed by atoms with E-state index in [2.05, 4.69) is 5.32 Å². The topological polar surface area (TPSA) is 92.4 Å². The van der Waals surface area contributed by atoms with Gasteiger partial charge in [-0.3, -0.25) is 9.59 Å². The second-order valence-electron chi connectivity index (χ2n) is 4.32. The average Bonchev–Trinajstić information content (AvgIpc) is 2.40. The van der Waals surface area contributed by atoms with Crippen LogP contribution in [0.25, 0.3) is 0 Å². The van der Waals surface area contributed by atoms with Crippen LogP contribution in [0, 0.1) is 12.7 Å². The van der Waals surface area contributed by atoms with Crippen molar-refractivity contribution in [1.29, 1.82) is 0 Å². The molecule has 0 aliphatic carbocycles. The predicted octanol–water partition coefficient (Wildman–Crippen LogP) is 0.895. The fourth-order valence-corrected chi connectivity index (χ4v) is 2.15. The van der Waals surface area contributed by atoms with Crippen molar-refractivity contribution in [3.8, 4) is 0 Å². The molecular formula is C13H17FN2O3S. The van der Waals surface area contributed by atoms with Crippen LogP contribution in [0.15, 0.2) is 18.2 Å². The Morgan fingerprint density at radius 2 is 2.20 bits per heavy atom. The lowest BCUT2D eigenvalue weighted by atomic mass is 10.1. The Labute approximate surface area is 120 Å². The van der Waals surface area contributed by atoms with Crippen LogP contribution in [0.4, 0.5) is 4.39 Å². The van der Waals surface area contributed by atoms with Gasteiger partial charge in [0.2, 0.25) is 5.91 Å². The highest BCUT2D eigenvalue weighted by Crippen LogP contribution is 2.09. The largest absolute Gasteiger partial charge is 0.480 e. The maximum atomic E-state index is 13.3. The number of halogens is 1. The van der Waals surface area contributed by atoms with E-state index in [-0.39, 0.29) is 29.8 Å². The summed E-state index contributed by atoms with van der Waals surface area (Å²) in [7, 11) is 0. The van der Waals surface area contributed by atoms with E-state index < -0.39 is 12.0 Å². The molecule has 5 nitrogen and oxygen atoms in total. The molecule has 1 aromatic carbocycles. The molecule has 0 bridgehead atoms. The van der Waals surface area contributed by atoms with E-state index in [9.17, 15) is 14.0 Å². The molecule has 0 aromatic heterocycles. The van der Waals surface area contributed by atoms with E-state index in [1.54, 1.807) is 19.1 Å². The first-order chi connectivity index (χ1) is 9.40. The number of thioether (sulfide) groups is 1. The number of aliphatic carboxylic acids is 1. The van der Waals surface area contributed by atoms with E-state index in [1.807, 2.05) is 0 Å². The molecule has 0 unspecified atom stereocenters. The van der Waals surface area contributed by atoms with Gasteiger partial charge < -0.3 is 16.2 Å². The van der Waals surface area contributed by atoms with Crippen LogP contribution in [0.3, 0.4) is 0 Å². The summed E-state index contributed by atoms with van der Waals surface area (Å²) >= 11 is 1.15. The zero-order chi connectivity index (χ0) is 15.1. The Hall–Kier alpha value is -1.60. The molecule has 0 aliphatic rings. The highest BCUT2D eigenvalue weighted by Gasteiger charge is 2.12. The lowest BCUT2D eigenvalue weighted by molar-refractivity contribution is -0.138. The quantitative estimate of drug-likeness (QED) is 0.695. The van der Waals surface area contributed by atoms with Crippen LogP contribution in [-0.2, 0) is 16.1 Å². The van der Waals surface area contributed by atoms with Gasteiger partial charge in [0.25, 0.3) is 0 Å². The van der Waals surface area contributed by atoms with Crippen molar-refractivity contribution in [2.24, 2.45) is 5.73 Å². The second kappa shape index (κ2) is 7.86. The van der Waals surface area contributed by atoms with E-state index in [0.717, 1.165) is 11.8 Å². The maximum absolute atomic E-state index is 13.3. The number of carbonyl (C=O) groups is 2. The first-order valence-electron chi connectivity index (χ1n) is 5.98. The van der Waals surface area contributed by atoms with Gasteiger partial charge in [-0.1, -0.05) is 12.1 Å². The number of carboxylic acid groups (broad SMARTS) is 1. The number of rotatable bonds is 7. The number of carboxylic acids is 1. The number of hydrogen-bond donors (Lipinski definition) is 3. The monoisotopic (exact) mass is 300 g/mol. The molecule has 0 heterocycles. The van der Waals surface area contributed by atoms with Gasteiger partial charge in [0, 0.05) is 12.3 Å². The number of nitrogens with two attached hydrogens (primary N) is 1. The minimum atomic E-state index is -1.09. The summed E-state index contributed by atoms with van der Waals surface area (Å²) in [6.07, 6.45) is 0. The fourth-order valence-electron chi connectivity index (χ4n) is 1.35. The Morgan fingerprint density at radius 3 is 2.80 bits per heavy atom. The number of carbonyl (C=O) groups excluding carboxylic acids is 1. The van der Waals surface area contributed by atoms with Gasteiger partial charge in [-0.05, 0) is 24.1 Å². The van der Waals surface area contributed by atoms with Crippen molar-refractivity contribution in [3.63, 3.8) is 0 Å². The molecule has 0 spiro atoms. The van der Waals surface area contributed by atoms with Crippen molar-refractivity contribution in [3.05, 3.63) is 35.1 Å². The minimum absolute atomic E-state index is 0.120. The zero-order valence-electron chi connectivity index (χ0n) is 11.1. The molecule has 1 atom stereocenters. The van der Waals surface area contributed by atoms with Gasteiger partial charge in [0.05, 0.1) is 5.75 Å². The molecule has 1 aromatic rings. The summed E-state index contributed by atoms with van der Waals surface area (Å²) in [5.74, 6) is -1.35. The Morgan fingerprint density at radius 1 is 1.50 bits per heavy atom. The molecule has 0 aliphatic heterocycles. The number of amides is 1. The third-order valence-electron chi connectivity index (χ3n) is 2.57. The lowest BCUT2D eigenvalue weighted by Gasteiger charge is -2.08. The summed E-state index contributed by atoms with van der Waals surface area (Å²) in [5.41, 5.74) is 6.53. The molecule has 20 heavy (non-hydrogen) atoms. The SMILES string of the molecule is Cc1ccc(CNC(=O)CSC[C@H](N)C(=O)O)cc1F. The van der Waals surface area contributed by atoms with E-state index in [1.165, 1.54) is 6.07 Å². The average molecular weight is 300 g/mol. The first-order valence-corrected chi connectivity index (χ1v) is 7.13. The number of aryl methyl sites for hydroxylation is 1. The molecule has 0 saturated carbocycles. The third kappa shape index (κ3) is 5.58. The molecule has 1 amide bonds. The van der Waals surface area contributed by atoms with Gasteiger partial charge in [0.1, 0.15) is 11.9 Å². The fraction of sp³-hybridized carbons (Fsp3) is 0.385. The molecule has 7 heteroatoms. The molecule has 4 N–H and O–H groups in total. The van der Waals surface area contributed by atoms with Gasteiger partial charge in [-0.15, -0.1) is 11.8 Å². The highest BCUT2D eigenvalue weighted by atomic mass is 32.2. The van der Waals surface area contributed by atoms with Gasteiger partial charge in [-0.2, -0.15) is 0 Å². The summed E-state index contributed by atoms with van der Waals surface area (Å²) in [4.78, 5) is 22.0. The highest BCUT2D eigenvalue weighted by molar-refractivity contribution is 8.00. The van der Waals surface area contributed by atoms with Gasteiger partial charge in [-0.25, -0.2) is 4.39 Å². The van der Waals surface area contributed by atoms with Gasteiger partial charge in [0.15, 0.2) is 0 Å². The Balaban J connectivity index is 2.29. The lowest BCUT2D eigenvalue weighted by Crippen LogP contribution is -2.33. The van der Waals surface area contributed by atoms with Crippen LogP contribution in [0.2, 0.25) is 0 Å². The Bertz CT molecular complexity index is 497. The minimum Gasteiger partial charge on any atom is -0.480 e. The zero-order valence-corrected chi connectivity index (χ0v) is 11.9. The maximum Gasteiger partial charge on any atom is 0.321 e. The van der Waals surface area contributed by atoms with E-state index in [4.69, 9.17) is 10.8 Å². The van der Waals surface area contributed by atoms with Crippen LogP contribution in [0.1, 0.15) is 11.1 Å². The smallest absolute Gasteiger partial charge is 0.321 e. The van der Waals surface area contributed by atoms with Crippen molar-refractivity contribution < 1.29 is 19.1 Å². The van der Waals surface area contributed by atoms with Crippen molar-refractivity contribution in [2.75, 3.05) is 11.5 Å². The number of hydrogen-bond acceptors (Lipinski definition) is 4. The van der Waals surface area contributed by atoms with Crippen LogP contribution < -0.4 is 11.1 Å². The molecule has 1 rings (SSSR count). The molecule has 0 saturated heterocycles. The van der Waals surface area contributed by atoms with E-state index in [0.29, 0.717) is 11.1 Å². The third-order valence-corrected chi connectivity index (χ3v) is 3.63. The summed E-state index contributed by atoms with van der Waals surface area (Å²) in [6.45, 7) is 1.90. The summed E-state index contributed by atoms with van der Waals surface area (Å²) in [5, 5.41) is 11.2. The molecule has 0 radical (unpaired) electrons. The Kier molecular flexibility index (Phi) is 6.47. The van der Waals surface area contributed by atoms with Crippen LogP contribution in [-0.4, -0.2) is 34.5 Å².